The Morgan fingerprint density at radius 1 is 1.18 bits per heavy atom. The highest BCUT2D eigenvalue weighted by atomic mass is 16.5. The lowest BCUT2D eigenvalue weighted by Crippen LogP contribution is -2.36. The van der Waals surface area contributed by atoms with Crippen LogP contribution in [0.3, 0.4) is 0 Å². The summed E-state index contributed by atoms with van der Waals surface area (Å²) in [7, 11) is 0. The largest absolute Gasteiger partial charge is 0.490 e. The number of hydrogen-bond donors (Lipinski definition) is 1. The third-order valence-corrected chi connectivity index (χ3v) is 5.16. The van der Waals surface area contributed by atoms with Crippen molar-refractivity contribution in [3.8, 4) is 11.5 Å². The van der Waals surface area contributed by atoms with Crippen LogP contribution in [0.15, 0.2) is 35.8 Å². The minimum absolute atomic E-state index is 0.0784. The molecule has 0 amide bonds. The van der Waals surface area contributed by atoms with E-state index in [9.17, 15) is 4.79 Å². The summed E-state index contributed by atoms with van der Waals surface area (Å²) >= 11 is 0. The molecule has 2 aliphatic rings. The molecule has 1 N–H and O–H groups in total. The van der Waals surface area contributed by atoms with Gasteiger partial charge >= 0.3 is 0 Å². The molecule has 1 aliphatic heterocycles. The van der Waals surface area contributed by atoms with Crippen molar-refractivity contribution in [1.29, 1.82) is 0 Å². The van der Waals surface area contributed by atoms with E-state index < -0.39 is 0 Å². The molecule has 28 heavy (non-hydrogen) atoms. The number of Topliss-reactive ketones (excluding diaryl/α,β-unsaturated/α-hetero) is 1. The number of anilines is 1. The molecule has 148 valence electrons. The van der Waals surface area contributed by atoms with Crippen molar-refractivity contribution in [1.82, 2.24) is 14.8 Å². The van der Waals surface area contributed by atoms with Crippen LogP contribution in [0, 0.1) is 5.41 Å². The van der Waals surface area contributed by atoms with E-state index >= 15 is 0 Å². The van der Waals surface area contributed by atoms with Crippen LogP contribution in [-0.2, 0) is 4.79 Å². The Balaban J connectivity index is 1.84. The molecule has 7 heteroatoms. The number of carbonyl (C=O) groups excluding carboxylic acids is 1. The maximum atomic E-state index is 13.1. The molecule has 0 fully saturated rings. The normalized spacial score (nSPS) is 20.3. The molecule has 1 atom stereocenters. The van der Waals surface area contributed by atoms with Crippen LogP contribution in [-0.4, -0.2) is 33.8 Å². The van der Waals surface area contributed by atoms with Gasteiger partial charge in [0.2, 0.25) is 5.95 Å². The fraction of sp³-hybridized carbons (Fsp3) is 0.476. The third kappa shape index (κ3) is 3.15. The van der Waals surface area contributed by atoms with Gasteiger partial charge < -0.3 is 14.8 Å². The van der Waals surface area contributed by atoms with E-state index in [-0.39, 0.29) is 17.2 Å². The van der Waals surface area contributed by atoms with E-state index in [0.717, 1.165) is 23.3 Å². The van der Waals surface area contributed by atoms with Crippen LogP contribution in [0.1, 0.15) is 52.1 Å². The Kier molecular flexibility index (Phi) is 4.61. The Labute approximate surface area is 164 Å². The number of ether oxygens (including phenoxy) is 2. The Morgan fingerprint density at radius 2 is 1.93 bits per heavy atom. The van der Waals surface area contributed by atoms with Gasteiger partial charge in [0.1, 0.15) is 12.4 Å². The first-order valence-electron chi connectivity index (χ1n) is 9.76. The molecule has 0 spiro atoms. The van der Waals surface area contributed by atoms with Crippen molar-refractivity contribution in [3.05, 3.63) is 41.4 Å². The summed E-state index contributed by atoms with van der Waals surface area (Å²) in [5, 5.41) is 7.72. The number of hydrogen-bond acceptors (Lipinski definition) is 6. The van der Waals surface area contributed by atoms with E-state index in [1.54, 1.807) is 4.68 Å². The second-order valence-corrected chi connectivity index (χ2v) is 7.96. The average molecular weight is 382 g/mol. The molecular formula is C21H26N4O3. The summed E-state index contributed by atoms with van der Waals surface area (Å²) < 4.78 is 13.3. The first-order valence-corrected chi connectivity index (χ1v) is 9.76. The summed E-state index contributed by atoms with van der Waals surface area (Å²) in [5.41, 5.74) is 2.56. The molecular weight excluding hydrogens is 356 g/mol. The maximum Gasteiger partial charge on any atom is 0.226 e. The van der Waals surface area contributed by atoms with Crippen LogP contribution in [0.5, 0.6) is 11.5 Å². The van der Waals surface area contributed by atoms with Crippen molar-refractivity contribution in [3.63, 3.8) is 0 Å². The number of rotatable bonds is 5. The third-order valence-electron chi connectivity index (χ3n) is 5.16. The zero-order valence-electron chi connectivity index (χ0n) is 16.8. The topological polar surface area (TPSA) is 78.3 Å². The summed E-state index contributed by atoms with van der Waals surface area (Å²) in [5.74, 6) is 2.18. The van der Waals surface area contributed by atoms with E-state index in [1.807, 2.05) is 32.0 Å². The first kappa shape index (κ1) is 18.5. The SMILES string of the molecule is CCOc1ccc(C2C3=C(CC(C)(C)CC3=O)Nc3ncnn32)cc1OCC. The summed E-state index contributed by atoms with van der Waals surface area (Å²) in [6, 6.07) is 5.51. The van der Waals surface area contributed by atoms with Gasteiger partial charge in [-0.05, 0) is 43.4 Å². The zero-order valence-corrected chi connectivity index (χ0v) is 16.8. The van der Waals surface area contributed by atoms with Gasteiger partial charge in [-0.25, -0.2) is 4.68 Å². The number of nitrogens with zero attached hydrogens (tertiary/aromatic N) is 3. The standard InChI is InChI=1S/C21H26N4O3/c1-5-27-16-8-7-13(9-17(16)28-6-2)19-18-14(10-21(3,4)11-15(18)26)24-20-22-12-23-25(19)20/h7-9,12,19H,5-6,10-11H2,1-4H3,(H,22,23,24). The van der Waals surface area contributed by atoms with Crippen LogP contribution >= 0.6 is 0 Å². The molecule has 0 saturated heterocycles. The van der Waals surface area contributed by atoms with Gasteiger partial charge in [0, 0.05) is 17.7 Å². The number of allylic oxidation sites excluding steroid dienone is 2. The average Bonchev–Trinajstić information content (AvgIpc) is 3.09. The van der Waals surface area contributed by atoms with Gasteiger partial charge in [0.25, 0.3) is 0 Å². The number of fused-ring (bicyclic) bond motifs is 1. The smallest absolute Gasteiger partial charge is 0.226 e. The summed E-state index contributed by atoms with van der Waals surface area (Å²) in [4.78, 5) is 17.5. The van der Waals surface area contributed by atoms with Gasteiger partial charge in [-0.2, -0.15) is 10.1 Å². The molecule has 1 unspecified atom stereocenters. The number of ketones is 1. The highest BCUT2D eigenvalue weighted by molar-refractivity contribution is 6.00. The molecule has 2 aromatic rings. The van der Waals surface area contributed by atoms with E-state index in [1.165, 1.54) is 6.33 Å². The minimum Gasteiger partial charge on any atom is -0.490 e. The lowest BCUT2D eigenvalue weighted by Gasteiger charge is -2.38. The molecule has 7 nitrogen and oxygen atoms in total. The molecule has 2 heterocycles. The van der Waals surface area contributed by atoms with Gasteiger partial charge in [0.15, 0.2) is 17.3 Å². The molecule has 1 aromatic carbocycles. The van der Waals surface area contributed by atoms with E-state index in [2.05, 4.69) is 29.2 Å². The highest BCUT2D eigenvalue weighted by Crippen LogP contribution is 2.46. The molecule has 4 rings (SSSR count). The van der Waals surface area contributed by atoms with Gasteiger partial charge in [0.05, 0.1) is 13.2 Å². The predicted molar refractivity (Wildman–Crippen MR) is 106 cm³/mol. The Bertz CT molecular complexity index is 945. The number of carbonyl (C=O) groups is 1. The lowest BCUT2D eigenvalue weighted by molar-refractivity contribution is -0.118. The van der Waals surface area contributed by atoms with Crippen molar-refractivity contribution in [2.45, 2.75) is 46.6 Å². The predicted octanol–water partition coefficient (Wildman–Crippen LogP) is 3.73. The van der Waals surface area contributed by atoms with Crippen molar-refractivity contribution < 1.29 is 14.3 Å². The second kappa shape index (κ2) is 6.96. The van der Waals surface area contributed by atoms with E-state index in [0.29, 0.717) is 37.1 Å². The fourth-order valence-electron chi connectivity index (χ4n) is 4.09. The van der Waals surface area contributed by atoms with Crippen molar-refractivity contribution in [2.24, 2.45) is 5.41 Å². The molecule has 0 radical (unpaired) electrons. The van der Waals surface area contributed by atoms with Crippen LogP contribution in [0.4, 0.5) is 5.95 Å². The quantitative estimate of drug-likeness (QED) is 0.849. The van der Waals surface area contributed by atoms with Gasteiger partial charge in [-0.1, -0.05) is 19.9 Å². The molecule has 1 aromatic heterocycles. The first-order chi connectivity index (χ1) is 13.4. The second-order valence-electron chi connectivity index (χ2n) is 7.96. The van der Waals surface area contributed by atoms with Crippen LogP contribution in [0.2, 0.25) is 0 Å². The fourth-order valence-corrected chi connectivity index (χ4v) is 4.09. The minimum atomic E-state index is -0.327. The number of benzene rings is 1. The van der Waals surface area contributed by atoms with E-state index in [4.69, 9.17) is 9.47 Å². The molecule has 0 saturated carbocycles. The zero-order chi connectivity index (χ0) is 19.9. The lowest BCUT2D eigenvalue weighted by atomic mass is 9.73. The molecule has 0 bridgehead atoms. The Hall–Kier alpha value is -2.83. The van der Waals surface area contributed by atoms with Crippen LogP contribution < -0.4 is 14.8 Å². The van der Waals surface area contributed by atoms with Crippen molar-refractivity contribution >= 4 is 11.7 Å². The molecule has 1 aliphatic carbocycles. The number of nitrogens with one attached hydrogen (secondary N) is 1. The monoisotopic (exact) mass is 382 g/mol. The highest BCUT2D eigenvalue weighted by Gasteiger charge is 2.41. The summed E-state index contributed by atoms with van der Waals surface area (Å²) in [6.45, 7) is 9.21. The maximum absolute atomic E-state index is 13.1. The van der Waals surface area contributed by atoms with Gasteiger partial charge in [-0.3, -0.25) is 4.79 Å². The van der Waals surface area contributed by atoms with Crippen molar-refractivity contribution in [2.75, 3.05) is 18.5 Å². The summed E-state index contributed by atoms with van der Waals surface area (Å²) in [6.07, 6.45) is 2.83. The number of aromatic nitrogens is 3. The van der Waals surface area contributed by atoms with Gasteiger partial charge in [-0.15, -0.1) is 0 Å². The Morgan fingerprint density at radius 3 is 2.68 bits per heavy atom. The van der Waals surface area contributed by atoms with Crippen LogP contribution in [0.25, 0.3) is 0 Å².